The molecule has 1 aromatic carbocycles. The van der Waals surface area contributed by atoms with Crippen LogP contribution in [-0.4, -0.2) is 11.2 Å². The van der Waals surface area contributed by atoms with Crippen LogP contribution < -0.4 is 0 Å². The maximum absolute atomic E-state index is 13.0. The first-order valence-corrected chi connectivity index (χ1v) is 4.95. The molecule has 1 aromatic rings. The zero-order valence-electron chi connectivity index (χ0n) is 8.92. The lowest BCUT2D eigenvalue weighted by molar-refractivity contribution is 0.176. The number of aliphatic hydroxyl groups excluding tert-OH is 1. The van der Waals surface area contributed by atoms with Crippen molar-refractivity contribution in [3.63, 3.8) is 0 Å². The Kier molecular flexibility index (Phi) is 3.64. The highest BCUT2D eigenvalue weighted by atomic mass is 19.1. The average molecular weight is 196 g/mol. The number of rotatable bonds is 3. The Morgan fingerprint density at radius 1 is 1.36 bits per heavy atom. The molecular weight excluding hydrogens is 179 g/mol. The van der Waals surface area contributed by atoms with Gasteiger partial charge in [-0.05, 0) is 43.4 Å². The third-order valence-corrected chi connectivity index (χ3v) is 2.45. The van der Waals surface area contributed by atoms with Crippen molar-refractivity contribution in [2.45, 2.75) is 39.2 Å². The third kappa shape index (κ3) is 2.81. The molecule has 0 amide bonds. The first-order chi connectivity index (χ1) is 6.50. The van der Waals surface area contributed by atoms with Gasteiger partial charge in [-0.2, -0.15) is 0 Å². The molecule has 78 valence electrons. The van der Waals surface area contributed by atoms with Gasteiger partial charge in [0.15, 0.2) is 0 Å². The van der Waals surface area contributed by atoms with Gasteiger partial charge in [0.05, 0.1) is 6.10 Å². The lowest BCUT2D eigenvalue weighted by atomic mass is 9.94. The van der Waals surface area contributed by atoms with E-state index >= 15 is 0 Å². The van der Waals surface area contributed by atoms with Gasteiger partial charge < -0.3 is 5.11 Å². The quantitative estimate of drug-likeness (QED) is 0.788. The van der Waals surface area contributed by atoms with Gasteiger partial charge in [0.25, 0.3) is 0 Å². The summed E-state index contributed by atoms with van der Waals surface area (Å²) in [6.07, 6.45) is 0.404. The fourth-order valence-corrected chi connectivity index (χ4v) is 1.62. The largest absolute Gasteiger partial charge is 0.393 e. The summed E-state index contributed by atoms with van der Waals surface area (Å²) >= 11 is 0. The van der Waals surface area contributed by atoms with Crippen molar-refractivity contribution in [3.05, 3.63) is 35.1 Å². The van der Waals surface area contributed by atoms with E-state index < -0.39 is 0 Å². The van der Waals surface area contributed by atoms with Gasteiger partial charge in [-0.15, -0.1) is 0 Å². The number of aliphatic hydroxyl groups is 1. The van der Waals surface area contributed by atoms with Gasteiger partial charge in [0.1, 0.15) is 5.82 Å². The van der Waals surface area contributed by atoms with Crippen LogP contribution in [0.5, 0.6) is 0 Å². The molecule has 1 nitrogen and oxygen atoms in total. The first-order valence-electron chi connectivity index (χ1n) is 4.95. The molecule has 0 radical (unpaired) electrons. The molecule has 2 unspecified atom stereocenters. The van der Waals surface area contributed by atoms with E-state index in [0.29, 0.717) is 12.0 Å². The molecule has 0 aliphatic heterocycles. The lowest BCUT2D eigenvalue weighted by Gasteiger charge is -2.14. The van der Waals surface area contributed by atoms with E-state index in [1.165, 1.54) is 6.07 Å². The number of hydrogen-bond acceptors (Lipinski definition) is 1. The Morgan fingerprint density at radius 3 is 2.50 bits per heavy atom. The van der Waals surface area contributed by atoms with Crippen LogP contribution in [0.1, 0.15) is 37.3 Å². The van der Waals surface area contributed by atoms with Crippen LogP contribution in [0, 0.1) is 12.7 Å². The van der Waals surface area contributed by atoms with Gasteiger partial charge in [0, 0.05) is 0 Å². The molecule has 1 rings (SSSR count). The smallest absolute Gasteiger partial charge is 0.126 e. The third-order valence-electron chi connectivity index (χ3n) is 2.45. The summed E-state index contributed by atoms with van der Waals surface area (Å²) in [5.41, 5.74) is 1.75. The number of aryl methyl sites for hydroxylation is 1. The fourth-order valence-electron chi connectivity index (χ4n) is 1.62. The normalized spacial score (nSPS) is 15.2. The molecule has 2 atom stereocenters. The Bertz CT molecular complexity index is 307. The van der Waals surface area contributed by atoms with E-state index in [4.69, 9.17) is 0 Å². The van der Waals surface area contributed by atoms with E-state index in [1.54, 1.807) is 19.9 Å². The minimum Gasteiger partial charge on any atom is -0.393 e. The van der Waals surface area contributed by atoms with Gasteiger partial charge in [0.2, 0.25) is 0 Å². The molecule has 0 saturated heterocycles. The molecule has 1 N–H and O–H groups in total. The Labute approximate surface area is 84.6 Å². The van der Waals surface area contributed by atoms with Crippen molar-refractivity contribution >= 4 is 0 Å². The number of hydrogen-bond donors (Lipinski definition) is 1. The maximum atomic E-state index is 13.0. The van der Waals surface area contributed by atoms with Crippen LogP contribution in [0.25, 0.3) is 0 Å². The highest BCUT2D eigenvalue weighted by molar-refractivity contribution is 5.26. The average Bonchev–Trinajstić information content (AvgIpc) is 2.08. The summed E-state index contributed by atoms with van der Waals surface area (Å²) in [5.74, 6) is 0.104. The second-order valence-electron chi connectivity index (χ2n) is 3.99. The topological polar surface area (TPSA) is 20.2 Å². The van der Waals surface area contributed by atoms with Crippen molar-refractivity contribution in [2.24, 2.45) is 0 Å². The Balaban J connectivity index is 2.80. The van der Waals surface area contributed by atoms with Crippen LogP contribution in [-0.2, 0) is 0 Å². The predicted octanol–water partition coefficient (Wildman–Crippen LogP) is 3.01. The molecule has 0 fully saturated rings. The number of halogens is 1. The molecule has 0 aromatic heterocycles. The van der Waals surface area contributed by atoms with Gasteiger partial charge in [-0.1, -0.05) is 19.1 Å². The van der Waals surface area contributed by atoms with Crippen LogP contribution >= 0.6 is 0 Å². The Hall–Kier alpha value is -0.890. The molecule has 0 bridgehead atoms. The summed E-state index contributed by atoms with van der Waals surface area (Å²) in [4.78, 5) is 0. The lowest BCUT2D eigenvalue weighted by Crippen LogP contribution is -2.06. The van der Waals surface area contributed by atoms with Crippen LogP contribution in [0.4, 0.5) is 4.39 Å². The fraction of sp³-hybridized carbons (Fsp3) is 0.500. The van der Waals surface area contributed by atoms with Crippen molar-refractivity contribution in [1.82, 2.24) is 0 Å². The standard InChI is InChI=1S/C12H17FO/c1-8(6-10(3)14)11-4-5-12(13)9(2)7-11/h4-5,7-8,10,14H,6H2,1-3H3. The Morgan fingerprint density at radius 2 is 2.00 bits per heavy atom. The molecule has 0 spiro atoms. The van der Waals surface area contributed by atoms with Gasteiger partial charge in [-0.25, -0.2) is 4.39 Å². The molecule has 0 aliphatic rings. The molecular formula is C12H17FO. The monoisotopic (exact) mass is 196 g/mol. The summed E-state index contributed by atoms with van der Waals surface area (Å²) < 4.78 is 13.0. The summed E-state index contributed by atoms with van der Waals surface area (Å²) in [6.45, 7) is 5.57. The minimum atomic E-state index is -0.310. The van der Waals surface area contributed by atoms with Crippen molar-refractivity contribution < 1.29 is 9.50 Å². The molecule has 0 aliphatic carbocycles. The highest BCUT2D eigenvalue weighted by Gasteiger charge is 2.09. The molecule has 0 heterocycles. The highest BCUT2D eigenvalue weighted by Crippen LogP contribution is 2.22. The van der Waals surface area contributed by atoms with Gasteiger partial charge in [-0.3, -0.25) is 0 Å². The summed E-state index contributed by atoms with van der Waals surface area (Å²) in [7, 11) is 0. The zero-order chi connectivity index (χ0) is 10.7. The van der Waals surface area contributed by atoms with E-state index in [2.05, 4.69) is 0 Å². The predicted molar refractivity (Wildman–Crippen MR) is 55.8 cm³/mol. The molecule has 2 heteroatoms. The summed E-state index contributed by atoms with van der Waals surface area (Å²) in [6, 6.07) is 5.13. The van der Waals surface area contributed by atoms with Crippen molar-refractivity contribution in [2.75, 3.05) is 0 Å². The van der Waals surface area contributed by atoms with Crippen LogP contribution in [0.3, 0.4) is 0 Å². The summed E-state index contributed by atoms with van der Waals surface area (Å²) in [5, 5.41) is 9.23. The van der Waals surface area contributed by atoms with Crippen molar-refractivity contribution in [1.29, 1.82) is 0 Å². The molecule has 14 heavy (non-hydrogen) atoms. The minimum absolute atomic E-state index is 0.169. The van der Waals surface area contributed by atoms with E-state index in [-0.39, 0.29) is 17.8 Å². The SMILES string of the molecule is Cc1cc(C(C)CC(C)O)ccc1F. The van der Waals surface area contributed by atoms with E-state index in [9.17, 15) is 9.50 Å². The number of benzene rings is 1. The second-order valence-corrected chi connectivity index (χ2v) is 3.99. The van der Waals surface area contributed by atoms with Crippen molar-refractivity contribution in [3.8, 4) is 0 Å². The second kappa shape index (κ2) is 4.56. The van der Waals surface area contributed by atoms with Gasteiger partial charge >= 0.3 is 0 Å². The van der Waals surface area contributed by atoms with E-state index in [0.717, 1.165) is 5.56 Å². The van der Waals surface area contributed by atoms with E-state index in [1.807, 2.05) is 13.0 Å². The van der Waals surface area contributed by atoms with Crippen LogP contribution in [0.15, 0.2) is 18.2 Å². The van der Waals surface area contributed by atoms with Crippen LogP contribution in [0.2, 0.25) is 0 Å². The molecule has 0 saturated carbocycles. The zero-order valence-corrected chi connectivity index (χ0v) is 8.92. The first kappa shape index (κ1) is 11.2. The maximum Gasteiger partial charge on any atom is 0.126 e.